The molecule has 1 fully saturated rings. The van der Waals surface area contributed by atoms with Crippen molar-refractivity contribution in [3.05, 3.63) is 52.6 Å². The minimum Gasteiger partial charge on any atom is -0.493 e. The van der Waals surface area contributed by atoms with E-state index in [1.165, 1.54) is 36.2 Å². The average Bonchev–Trinajstić information content (AvgIpc) is 2.89. The number of ether oxygens (including phenoxy) is 2. The smallest absolute Gasteiger partial charge is 0.254 e. The predicted molar refractivity (Wildman–Crippen MR) is 161 cm³/mol. The van der Waals surface area contributed by atoms with E-state index in [-0.39, 0.29) is 30.7 Å². The average molecular weight is 567 g/mol. The highest BCUT2D eigenvalue weighted by molar-refractivity contribution is 5.97. The summed E-state index contributed by atoms with van der Waals surface area (Å²) in [5.74, 6) is 1.98. The first-order valence-electron chi connectivity index (χ1n) is 13.5. The minimum absolute atomic E-state index is 0. The predicted octanol–water partition coefficient (Wildman–Crippen LogP) is 5.79. The van der Waals surface area contributed by atoms with Crippen molar-refractivity contribution >= 4 is 36.4 Å². The van der Waals surface area contributed by atoms with Gasteiger partial charge in [-0.15, -0.1) is 24.8 Å². The van der Waals surface area contributed by atoms with Crippen LogP contribution in [0.15, 0.2) is 30.3 Å². The molecule has 2 aromatic rings. The topological polar surface area (TPSA) is 45.2 Å². The van der Waals surface area contributed by atoms with Crippen molar-refractivity contribution in [2.75, 3.05) is 64.9 Å². The van der Waals surface area contributed by atoms with Crippen LogP contribution in [0.25, 0.3) is 0 Å². The van der Waals surface area contributed by atoms with Gasteiger partial charge in [0.05, 0.1) is 14.2 Å². The summed E-state index contributed by atoms with van der Waals surface area (Å²) in [6.45, 7) is 13.7. The maximum atomic E-state index is 13.3. The molecule has 1 atom stereocenters. The Morgan fingerprint density at radius 3 is 2.42 bits per heavy atom. The molecule has 38 heavy (non-hydrogen) atoms. The van der Waals surface area contributed by atoms with E-state index in [2.05, 4.69) is 53.7 Å². The van der Waals surface area contributed by atoms with Crippen LogP contribution in [0.3, 0.4) is 0 Å². The monoisotopic (exact) mass is 565 g/mol. The van der Waals surface area contributed by atoms with Crippen LogP contribution in [0.1, 0.15) is 53.2 Å². The molecule has 1 saturated heterocycles. The van der Waals surface area contributed by atoms with E-state index in [1.807, 2.05) is 12.1 Å². The van der Waals surface area contributed by atoms with E-state index < -0.39 is 0 Å². The van der Waals surface area contributed by atoms with Crippen molar-refractivity contribution in [2.45, 2.75) is 46.5 Å². The number of piperidine rings is 1. The van der Waals surface area contributed by atoms with Crippen molar-refractivity contribution < 1.29 is 14.3 Å². The van der Waals surface area contributed by atoms with Gasteiger partial charge in [0.25, 0.3) is 5.91 Å². The Balaban J connectivity index is 0.00000253. The van der Waals surface area contributed by atoms with Gasteiger partial charge < -0.3 is 24.2 Å². The number of rotatable bonds is 10. The Bertz CT molecular complexity index is 1070. The largest absolute Gasteiger partial charge is 0.493 e. The third-order valence-electron chi connectivity index (χ3n) is 8.00. The number of fused-ring (bicyclic) bond motifs is 1. The van der Waals surface area contributed by atoms with Crippen molar-refractivity contribution in [2.24, 2.45) is 5.92 Å². The highest BCUT2D eigenvalue weighted by Gasteiger charge is 2.30. The highest BCUT2D eigenvalue weighted by Crippen LogP contribution is 2.33. The molecule has 2 aliphatic heterocycles. The highest BCUT2D eigenvalue weighted by atomic mass is 35.5. The molecule has 0 N–H and O–H groups in total. The van der Waals surface area contributed by atoms with Crippen molar-refractivity contribution in [1.82, 2.24) is 9.80 Å². The fourth-order valence-corrected chi connectivity index (χ4v) is 5.72. The van der Waals surface area contributed by atoms with E-state index in [0.717, 1.165) is 63.2 Å². The molecule has 2 aliphatic rings. The zero-order chi connectivity index (χ0) is 25.7. The first kappa shape index (κ1) is 32.1. The molecule has 0 aliphatic carbocycles. The Morgan fingerprint density at radius 1 is 1.00 bits per heavy atom. The Hall–Kier alpha value is -2.15. The number of likely N-dealkylation sites (tertiary alicyclic amines) is 1. The number of methoxy groups -OCH3 is 2. The molecule has 4 rings (SSSR count). The van der Waals surface area contributed by atoms with Crippen LogP contribution in [-0.2, 0) is 6.42 Å². The molecule has 0 bridgehead atoms. The molecule has 0 radical (unpaired) electrons. The number of carbonyl (C=O) groups excluding carboxylic acids is 1. The Labute approximate surface area is 241 Å². The molecule has 2 aromatic carbocycles. The van der Waals surface area contributed by atoms with E-state index in [1.54, 1.807) is 14.2 Å². The van der Waals surface area contributed by atoms with Gasteiger partial charge in [-0.1, -0.05) is 6.07 Å². The van der Waals surface area contributed by atoms with E-state index in [9.17, 15) is 4.79 Å². The molecular weight excluding hydrogens is 521 g/mol. The van der Waals surface area contributed by atoms with Gasteiger partial charge in [0.1, 0.15) is 0 Å². The number of benzene rings is 2. The minimum atomic E-state index is 0. The second kappa shape index (κ2) is 14.9. The summed E-state index contributed by atoms with van der Waals surface area (Å²) in [5.41, 5.74) is 5.86. The summed E-state index contributed by atoms with van der Waals surface area (Å²) in [6.07, 6.45) is 4.43. The number of amides is 1. The second-order valence-electron chi connectivity index (χ2n) is 10.4. The van der Waals surface area contributed by atoms with Crippen LogP contribution >= 0.6 is 24.8 Å². The number of hydrogen-bond donors (Lipinski definition) is 0. The quantitative estimate of drug-likeness (QED) is 0.364. The summed E-state index contributed by atoms with van der Waals surface area (Å²) < 4.78 is 10.9. The molecule has 1 amide bonds. The Morgan fingerprint density at radius 2 is 1.74 bits per heavy atom. The van der Waals surface area contributed by atoms with Crippen molar-refractivity contribution in [1.29, 1.82) is 0 Å². The zero-order valence-corrected chi connectivity index (χ0v) is 25.3. The van der Waals surface area contributed by atoms with Crippen molar-refractivity contribution in [3.63, 3.8) is 0 Å². The molecule has 0 spiro atoms. The van der Waals surface area contributed by atoms with E-state index in [0.29, 0.717) is 17.4 Å². The van der Waals surface area contributed by atoms with E-state index >= 15 is 0 Å². The third kappa shape index (κ3) is 7.49. The van der Waals surface area contributed by atoms with Crippen LogP contribution in [0, 0.1) is 19.8 Å². The number of nitrogens with zero attached hydrogens (tertiary/aromatic N) is 3. The molecule has 6 nitrogen and oxygen atoms in total. The fourth-order valence-electron chi connectivity index (χ4n) is 5.72. The molecule has 2 heterocycles. The van der Waals surface area contributed by atoms with Crippen LogP contribution < -0.4 is 14.4 Å². The summed E-state index contributed by atoms with van der Waals surface area (Å²) in [6, 6.07) is 10.6. The van der Waals surface area contributed by atoms with Gasteiger partial charge in [-0.3, -0.25) is 4.79 Å². The first-order valence-corrected chi connectivity index (χ1v) is 13.5. The van der Waals surface area contributed by atoms with Gasteiger partial charge in [-0.05, 0) is 106 Å². The summed E-state index contributed by atoms with van der Waals surface area (Å²) in [7, 11) is 3.26. The number of hydrogen-bond acceptors (Lipinski definition) is 5. The van der Waals surface area contributed by atoms with Gasteiger partial charge in [0.15, 0.2) is 11.5 Å². The molecule has 0 saturated carbocycles. The SMILES string of the molecule is CCN(CCCN1CCCC(CN2CCc3cc(OC)c(OC)cc3C2=O)C1)c1ccc(C)c(C)c1.Cl.Cl. The molecular formula is C30H45Cl2N3O3. The zero-order valence-electron chi connectivity index (χ0n) is 23.6. The van der Waals surface area contributed by atoms with Crippen LogP contribution in [0.5, 0.6) is 11.5 Å². The van der Waals surface area contributed by atoms with Gasteiger partial charge >= 0.3 is 0 Å². The summed E-state index contributed by atoms with van der Waals surface area (Å²) >= 11 is 0. The lowest BCUT2D eigenvalue weighted by Gasteiger charge is -2.37. The Kier molecular flexibility index (Phi) is 12.5. The number of aryl methyl sites for hydroxylation is 2. The number of anilines is 1. The molecule has 1 unspecified atom stereocenters. The van der Waals surface area contributed by atoms with Crippen LogP contribution in [0.4, 0.5) is 5.69 Å². The number of halogens is 2. The normalized spacial score (nSPS) is 17.2. The summed E-state index contributed by atoms with van der Waals surface area (Å²) in [5, 5.41) is 0. The maximum Gasteiger partial charge on any atom is 0.254 e. The van der Waals surface area contributed by atoms with Gasteiger partial charge in [-0.25, -0.2) is 0 Å². The summed E-state index contributed by atoms with van der Waals surface area (Å²) in [4.78, 5) is 20.5. The van der Waals surface area contributed by atoms with Gasteiger partial charge in [0, 0.05) is 44.0 Å². The molecule has 8 heteroatoms. The van der Waals surface area contributed by atoms with Crippen molar-refractivity contribution in [3.8, 4) is 11.5 Å². The lowest BCUT2D eigenvalue weighted by Crippen LogP contribution is -2.45. The maximum absolute atomic E-state index is 13.3. The molecule has 212 valence electrons. The fraction of sp³-hybridized carbons (Fsp3) is 0.567. The lowest BCUT2D eigenvalue weighted by atomic mass is 9.94. The first-order chi connectivity index (χ1) is 17.4. The van der Waals surface area contributed by atoms with E-state index in [4.69, 9.17) is 9.47 Å². The van der Waals surface area contributed by atoms with Crippen LogP contribution in [-0.4, -0.2) is 75.7 Å². The van der Waals surface area contributed by atoms with Crippen LogP contribution in [0.2, 0.25) is 0 Å². The molecule has 0 aromatic heterocycles. The lowest BCUT2D eigenvalue weighted by molar-refractivity contribution is 0.0660. The van der Waals surface area contributed by atoms with Gasteiger partial charge in [-0.2, -0.15) is 0 Å². The van der Waals surface area contributed by atoms with Gasteiger partial charge in [0.2, 0.25) is 0 Å². The standard InChI is InChI=1S/C30H43N3O3.2ClH/c1-6-32(26-11-10-22(2)23(3)17-26)15-8-14-31-13-7-9-24(20-31)21-33-16-12-25-18-28(35-4)29(36-5)19-27(25)30(33)34;;/h10-11,17-19,24H,6-9,12-16,20-21H2,1-5H3;2*1H. The second-order valence-corrected chi connectivity index (χ2v) is 10.4. The third-order valence-corrected chi connectivity index (χ3v) is 8.00. The number of carbonyl (C=O) groups is 1.